The average molecular weight is 366 g/mol. The lowest BCUT2D eigenvalue weighted by atomic mass is 10.1. The standard InChI is InChI=1S/C16H12F2N2O4S/c1-23-10-6-11(24-2)13(18)9(12(10)17)5-4-8-7-19-16(25-3)20-14(8)15(21)22/h6-7H,1-3H3,(H,21,22). The molecular weight excluding hydrogens is 354 g/mol. The van der Waals surface area contributed by atoms with Crippen molar-refractivity contribution in [3.8, 4) is 23.3 Å². The molecule has 9 heteroatoms. The highest BCUT2D eigenvalue weighted by molar-refractivity contribution is 7.98. The summed E-state index contributed by atoms with van der Waals surface area (Å²) in [6.45, 7) is 0. The minimum absolute atomic E-state index is 0.0779. The molecule has 0 spiro atoms. The first-order chi connectivity index (χ1) is 11.9. The Hall–Kier alpha value is -2.86. The van der Waals surface area contributed by atoms with Crippen LogP contribution in [0.5, 0.6) is 11.5 Å². The van der Waals surface area contributed by atoms with Gasteiger partial charge in [0.05, 0.1) is 19.8 Å². The Morgan fingerprint density at radius 1 is 1.20 bits per heavy atom. The zero-order chi connectivity index (χ0) is 18.6. The SMILES string of the molecule is COc1cc(OC)c(F)c(C#Cc2cnc(SC)nc2C(=O)O)c1F. The molecule has 2 rings (SSSR count). The molecule has 1 aromatic carbocycles. The van der Waals surface area contributed by atoms with E-state index >= 15 is 0 Å². The minimum atomic E-state index is -1.33. The van der Waals surface area contributed by atoms with Crippen LogP contribution in [-0.2, 0) is 0 Å². The molecule has 1 N–H and O–H groups in total. The van der Waals surface area contributed by atoms with E-state index in [-0.39, 0.29) is 27.9 Å². The fraction of sp³-hybridized carbons (Fsp3) is 0.188. The van der Waals surface area contributed by atoms with Crippen LogP contribution in [0.25, 0.3) is 0 Å². The molecule has 1 heterocycles. The van der Waals surface area contributed by atoms with Crippen LogP contribution in [0.15, 0.2) is 17.4 Å². The summed E-state index contributed by atoms with van der Waals surface area (Å²) in [7, 11) is 2.43. The third-order valence-corrected chi connectivity index (χ3v) is 3.61. The Kier molecular flexibility index (Phi) is 5.77. The molecule has 0 amide bonds. The Morgan fingerprint density at radius 3 is 2.28 bits per heavy atom. The molecule has 2 aromatic rings. The number of carboxylic acids is 1. The minimum Gasteiger partial charge on any atom is -0.493 e. The van der Waals surface area contributed by atoms with Gasteiger partial charge in [-0.05, 0) is 6.26 Å². The van der Waals surface area contributed by atoms with Gasteiger partial charge in [0.25, 0.3) is 0 Å². The van der Waals surface area contributed by atoms with Gasteiger partial charge in [-0.2, -0.15) is 0 Å². The summed E-state index contributed by atoms with van der Waals surface area (Å²) in [5.74, 6) is 0.780. The van der Waals surface area contributed by atoms with Gasteiger partial charge in [-0.15, -0.1) is 0 Å². The molecule has 0 saturated carbocycles. The third-order valence-electron chi connectivity index (χ3n) is 3.05. The maximum Gasteiger partial charge on any atom is 0.355 e. The third kappa shape index (κ3) is 3.80. The largest absolute Gasteiger partial charge is 0.493 e. The lowest BCUT2D eigenvalue weighted by Gasteiger charge is -2.09. The Bertz CT molecular complexity index is 866. The van der Waals surface area contributed by atoms with Crippen molar-refractivity contribution in [2.75, 3.05) is 20.5 Å². The van der Waals surface area contributed by atoms with Crippen LogP contribution >= 0.6 is 11.8 Å². The van der Waals surface area contributed by atoms with Gasteiger partial charge in [0, 0.05) is 12.3 Å². The summed E-state index contributed by atoms with van der Waals surface area (Å²) < 4.78 is 38.1. The second kappa shape index (κ2) is 7.81. The van der Waals surface area contributed by atoms with Crippen LogP contribution < -0.4 is 9.47 Å². The second-order valence-corrected chi connectivity index (χ2v) is 5.23. The number of rotatable bonds is 4. The summed E-state index contributed by atoms with van der Waals surface area (Å²) in [4.78, 5) is 19.0. The number of hydrogen-bond acceptors (Lipinski definition) is 6. The van der Waals surface area contributed by atoms with E-state index < -0.39 is 23.2 Å². The molecule has 0 unspecified atom stereocenters. The van der Waals surface area contributed by atoms with Crippen LogP contribution in [0.2, 0.25) is 0 Å². The zero-order valence-electron chi connectivity index (χ0n) is 13.4. The summed E-state index contributed by atoms with van der Waals surface area (Å²) in [6.07, 6.45) is 2.86. The molecule has 0 aliphatic carbocycles. The highest BCUT2D eigenvalue weighted by Gasteiger charge is 2.19. The fourth-order valence-corrected chi connectivity index (χ4v) is 2.18. The van der Waals surface area contributed by atoms with E-state index in [1.54, 1.807) is 6.26 Å². The molecule has 0 radical (unpaired) electrons. The highest BCUT2D eigenvalue weighted by Crippen LogP contribution is 2.30. The number of aromatic carboxylic acids is 1. The quantitative estimate of drug-likeness (QED) is 0.506. The van der Waals surface area contributed by atoms with Crippen molar-refractivity contribution in [1.82, 2.24) is 9.97 Å². The first kappa shape index (κ1) is 18.5. The van der Waals surface area contributed by atoms with E-state index in [1.165, 1.54) is 20.4 Å². The van der Waals surface area contributed by atoms with E-state index in [1.807, 2.05) is 0 Å². The summed E-state index contributed by atoms with van der Waals surface area (Å²) in [5.41, 5.74) is -1.05. The fourth-order valence-electron chi connectivity index (χ4n) is 1.84. The normalized spacial score (nSPS) is 9.96. The van der Waals surface area contributed by atoms with Crippen LogP contribution in [0, 0.1) is 23.5 Å². The van der Waals surface area contributed by atoms with Crippen LogP contribution in [0.3, 0.4) is 0 Å². The van der Waals surface area contributed by atoms with E-state index in [4.69, 9.17) is 9.47 Å². The lowest BCUT2D eigenvalue weighted by molar-refractivity contribution is 0.0689. The number of ether oxygens (including phenoxy) is 2. The van der Waals surface area contributed by atoms with Crippen LogP contribution in [0.4, 0.5) is 8.78 Å². The van der Waals surface area contributed by atoms with Crippen molar-refractivity contribution in [1.29, 1.82) is 0 Å². The molecule has 6 nitrogen and oxygen atoms in total. The smallest absolute Gasteiger partial charge is 0.355 e. The van der Waals surface area contributed by atoms with Crippen LogP contribution in [-0.4, -0.2) is 41.5 Å². The number of benzene rings is 1. The number of carboxylic acid groups (broad SMARTS) is 1. The maximum absolute atomic E-state index is 14.3. The Labute approximate surface area is 146 Å². The number of hydrogen-bond donors (Lipinski definition) is 1. The van der Waals surface area contributed by atoms with Crippen molar-refractivity contribution in [2.45, 2.75) is 5.16 Å². The summed E-state index contributed by atoms with van der Waals surface area (Å²) in [5, 5.41) is 9.44. The number of nitrogens with zero attached hydrogens (tertiary/aromatic N) is 2. The van der Waals surface area contributed by atoms with E-state index in [9.17, 15) is 18.7 Å². The van der Waals surface area contributed by atoms with E-state index in [2.05, 4.69) is 21.8 Å². The number of aromatic nitrogens is 2. The molecule has 0 aliphatic heterocycles. The maximum atomic E-state index is 14.3. The van der Waals surface area contributed by atoms with Crippen molar-refractivity contribution >= 4 is 17.7 Å². The second-order valence-electron chi connectivity index (χ2n) is 4.46. The molecule has 0 bridgehead atoms. The first-order valence-electron chi connectivity index (χ1n) is 6.69. The number of halogens is 2. The summed E-state index contributed by atoms with van der Waals surface area (Å²) in [6, 6.07) is 1.05. The van der Waals surface area contributed by atoms with Gasteiger partial charge >= 0.3 is 5.97 Å². The zero-order valence-corrected chi connectivity index (χ0v) is 14.2. The monoisotopic (exact) mass is 366 g/mol. The lowest BCUT2D eigenvalue weighted by Crippen LogP contribution is -2.06. The van der Waals surface area contributed by atoms with Crippen molar-refractivity contribution in [2.24, 2.45) is 0 Å². The van der Waals surface area contributed by atoms with Crippen molar-refractivity contribution in [3.63, 3.8) is 0 Å². The van der Waals surface area contributed by atoms with Gasteiger partial charge in [-0.1, -0.05) is 23.6 Å². The number of thioether (sulfide) groups is 1. The molecule has 25 heavy (non-hydrogen) atoms. The van der Waals surface area contributed by atoms with E-state index in [0.29, 0.717) is 0 Å². The van der Waals surface area contributed by atoms with Gasteiger partial charge in [0.15, 0.2) is 34.0 Å². The van der Waals surface area contributed by atoms with Gasteiger partial charge in [0.2, 0.25) is 0 Å². The topological polar surface area (TPSA) is 81.5 Å². The average Bonchev–Trinajstić information content (AvgIpc) is 2.61. The molecule has 0 atom stereocenters. The Morgan fingerprint density at radius 2 is 1.80 bits per heavy atom. The number of carbonyl (C=O) groups is 1. The molecule has 0 saturated heterocycles. The van der Waals surface area contributed by atoms with Crippen molar-refractivity contribution in [3.05, 3.63) is 40.7 Å². The predicted molar refractivity (Wildman–Crippen MR) is 86.2 cm³/mol. The Balaban J connectivity index is 2.61. The van der Waals surface area contributed by atoms with Gasteiger partial charge < -0.3 is 14.6 Å². The molecule has 0 fully saturated rings. The van der Waals surface area contributed by atoms with Crippen molar-refractivity contribution < 1.29 is 28.2 Å². The molecular formula is C16H12F2N2O4S. The molecule has 1 aromatic heterocycles. The predicted octanol–water partition coefficient (Wildman–Crippen LogP) is 2.59. The molecule has 0 aliphatic rings. The molecule has 130 valence electrons. The van der Waals surface area contributed by atoms with Crippen LogP contribution in [0.1, 0.15) is 21.6 Å². The first-order valence-corrected chi connectivity index (χ1v) is 7.91. The number of methoxy groups -OCH3 is 2. The van der Waals surface area contributed by atoms with Gasteiger partial charge in [0.1, 0.15) is 5.56 Å². The summed E-state index contributed by atoms with van der Waals surface area (Å²) >= 11 is 1.15. The van der Waals surface area contributed by atoms with Gasteiger partial charge in [-0.3, -0.25) is 0 Å². The highest BCUT2D eigenvalue weighted by atomic mass is 32.2. The van der Waals surface area contributed by atoms with E-state index in [0.717, 1.165) is 17.8 Å². The van der Waals surface area contributed by atoms with Gasteiger partial charge in [-0.25, -0.2) is 23.5 Å².